The van der Waals surface area contributed by atoms with Gasteiger partial charge in [0.2, 0.25) is 5.92 Å². The van der Waals surface area contributed by atoms with Gasteiger partial charge in [0.15, 0.2) is 0 Å². The molecular formula is C10H17F2NO. The van der Waals surface area contributed by atoms with Crippen LogP contribution >= 0.6 is 0 Å². The Balaban J connectivity index is 1.59. The van der Waals surface area contributed by atoms with Gasteiger partial charge in [0, 0.05) is 19.4 Å². The van der Waals surface area contributed by atoms with Crippen molar-refractivity contribution in [1.82, 2.24) is 5.32 Å². The summed E-state index contributed by atoms with van der Waals surface area (Å²) in [7, 11) is 0. The number of rotatable bonds is 3. The highest BCUT2D eigenvalue weighted by atomic mass is 19.3. The Morgan fingerprint density at radius 2 is 2.14 bits per heavy atom. The second kappa shape index (κ2) is 4.11. The summed E-state index contributed by atoms with van der Waals surface area (Å²) < 4.78 is 30.6. The highest BCUT2D eigenvalue weighted by molar-refractivity contribution is 4.86. The van der Waals surface area contributed by atoms with Crippen LogP contribution in [0.5, 0.6) is 0 Å². The zero-order chi connectivity index (χ0) is 10.0. The van der Waals surface area contributed by atoms with Gasteiger partial charge in [0.25, 0.3) is 0 Å². The number of hydrogen-bond acceptors (Lipinski definition) is 2. The maximum Gasteiger partial charge on any atom is 0.248 e. The van der Waals surface area contributed by atoms with E-state index < -0.39 is 5.92 Å². The van der Waals surface area contributed by atoms with Crippen LogP contribution in [0.1, 0.15) is 25.7 Å². The van der Waals surface area contributed by atoms with Gasteiger partial charge < -0.3 is 10.1 Å². The minimum absolute atomic E-state index is 0.0210. The van der Waals surface area contributed by atoms with Crippen molar-refractivity contribution in [3.63, 3.8) is 0 Å². The van der Waals surface area contributed by atoms with Crippen molar-refractivity contribution < 1.29 is 13.5 Å². The molecule has 0 aromatic heterocycles. The van der Waals surface area contributed by atoms with Crippen molar-refractivity contribution in [2.45, 2.75) is 37.7 Å². The lowest BCUT2D eigenvalue weighted by molar-refractivity contribution is -0.136. The Hall–Kier alpha value is -0.220. The molecule has 4 heteroatoms. The first-order chi connectivity index (χ1) is 6.66. The molecule has 82 valence electrons. The topological polar surface area (TPSA) is 21.3 Å². The molecule has 0 bridgehead atoms. The highest BCUT2D eigenvalue weighted by Crippen LogP contribution is 2.42. The number of hydrogen-bond donors (Lipinski definition) is 1. The van der Waals surface area contributed by atoms with Crippen molar-refractivity contribution in [2.24, 2.45) is 5.92 Å². The first-order valence-corrected chi connectivity index (χ1v) is 5.36. The van der Waals surface area contributed by atoms with Crippen LogP contribution < -0.4 is 5.32 Å². The summed E-state index contributed by atoms with van der Waals surface area (Å²) in [4.78, 5) is 0. The zero-order valence-corrected chi connectivity index (χ0v) is 8.27. The molecule has 1 N–H and O–H groups in total. The smallest absolute Gasteiger partial charge is 0.248 e. The molecule has 1 atom stereocenters. The van der Waals surface area contributed by atoms with Gasteiger partial charge in [-0.1, -0.05) is 0 Å². The summed E-state index contributed by atoms with van der Waals surface area (Å²) in [5.74, 6) is -2.31. The number of piperidine rings is 1. The molecule has 14 heavy (non-hydrogen) atoms. The summed E-state index contributed by atoms with van der Waals surface area (Å²) in [5.41, 5.74) is 0. The van der Waals surface area contributed by atoms with Crippen LogP contribution in [0.15, 0.2) is 0 Å². The van der Waals surface area contributed by atoms with E-state index in [2.05, 4.69) is 5.32 Å². The molecule has 1 aliphatic heterocycles. The second-order valence-corrected chi connectivity index (χ2v) is 4.43. The van der Waals surface area contributed by atoms with Gasteiger partial charge in [0.1, 0.15) is 0 Å². The number of halogens is 2. The van der Waals surface area contributed by atoms with Crippen LogP contribution in [0.25, 0.3) is 0 Å². The SMILES string of the molecule is FC1(F)CC(COC2CCCNC2)C1. The number of alkyl halides is 2. The Kier molecular flexibility index (Phi) is 3.02. The standard InChI is InChI=1S/C10H17F2NO/c11-10(12)4-8(5-10)7-14-9-2-1-3-13-6-9/h8-9,13H,1-7H2. The molecule has 1 saturated carbocycles. The van der Waals surface area contributed by atoms with Crippen LogP contribution in [0.3, 0.4) is 0 Å². The summed E-state index contributed by atoms with van der Waals surface area (Å²) in [5, 5.41) is 3.24. The average molecular weight is 205 g/mol. The van der Waals surface area contributed by atoms with Gasteiger partial charge in [-0.15, -0.1) is 0 Å². The second-order valence-electron chi connectivity index (χ2n) is 4.43. The van der Waals surface area contributed by atoms with Crippen molar-refractivity contribution >= 4 is 0 Å². The predicted molar refractivity (Wildman–Crippen MR) is 49.5 cm³/mol. The fourth-order valence-electron chi connectivity index (χ4n) is 2.14. The minimum atomic E-state index is -2.40. The summed E-state index contributed by atoms with van der Waals surface area (Å²) in [6.07, 6.45) is 2.49. The predicted octanol–water partition coefficient (Wildman–Crippen LogP) is 1.80. The van der Waals surface area contributed by atoms with Crippen molar-refractivity contribution in [3.8, 4) is 0 Å². The molecule has 1 heterocycles. The van der Waals surface area contributed by atoms with Gasteiger partial charge in [-0.05, 0) is 25.3 Å². The third-order valence-electron chi connectivity index (χ3n) is 2.99. The largest absolute Gasteiger partial charge is 0.377 e. The maximum atomic E-state index is 12.5. The molecule has 2 aliphatic rings. The zero-order valence-electron chi connectivity index (χ0n) is 8.27. The average Bonchev–Trinajstić information content (AvgIpc) is 2.13. The van der Waals surface area contributed by atoms with Gasteiger partial charge in [-0.25, -0.2) is 8.78 Å². The van der Waals surface area contributed by atoms with Gasteiger partial charge >= 0.3 is 0 Å². The lowest BCUT2D eigenvalue weighted by Crippen LogP contribution is -2.41. The molecular weight excluding hydrogens is 188 g/mol. The van der Waals surface area contributed by atoms with Crippen molar-refractivity contribution in [3.05, 3.63) is 0 Å². The highest BCUT2D eigenvalue weighted by Gasteiger charge is 2.45. The van der Waals surface area contributed by atoms with E-state index in [1.807, 2.05) is 0 Å². The van der Waals surface area contributed by atoms with E-state index in [4.69, 9.17) is 4.74 Å². The van der Waals surface area contributed by atoms with E-state index in [1.165, 1.54) is 0 Å². The lowest BCUT2D eigenvalue weighted by Gasteiger charge is -2.36. The summed E-state index contributed by atoms with van der Waals surface area (Å²) >= 11 is 0. The van der Waals surface area contributed by atoms with E-state index >= 15 is 0 Å². The summed E-state index contributed by atoms with van der Waals surface area (Å²) in [6.45, 7) is 2.45. The molecule has 1 aliphatic carbocycles. The third-order valence-corrected chi connectivity index (χ3v) is 2.99. The molecule has 2 nitrogen and oxygen atoms in total. The van der Waals surface area contributed by atoms with Crippen molar-refractivity contribution in [1.29, 1.82) is 0 Å². The first kappa shape index (κ1) is 10.3. The Labute approximate surface area is 83.0 Å². The number of nitrogens with one attached hydrogen (secondary N) is 1. The quantitative estimate of drug-likeness (QED) is 0.758. The molecule has 0 radical (unpaired) electrons. The van der Waals surface area contributed by atoms with Crippen LogP contribution in [-0.4, -0.2) is 31.7 Å². The van der Waals surface area contributed by atoms with Gasteiger partial charge in [-0.3, -0.25) is 0 Å². The minimum Gasteiger partial charge on any atom is -0.377 e. The number of ether oxygens (including phenoxy) is 1. The summed E-state index contributed by atoms with van der Waals surface area (Å²) in [6, 6.07) is 0. The van der Waals surface area contributed by atoms with Gasteiger partial charge in [0.05, 0.1) is 12.7 Å². The van der Waals surface area contributed by atoms with Gasteiger partial charge in [-0.2, -0.15) is 0 Å². The molecule has 1 unspecified atom stereocenters. The van der Waals surface area contributed by atoms with Crippen molar-refractivity contribution in [2.75, 3.05) is 19.7 Å². The lowest BCUT2D eigenvalue weighted by atomic mass is 9.82. The molecule has 2 fully saturated rings. The van der Waals surface area contributed by atoms with E-state index in [-0.39, 0.29) is 24.9 Å². The van der Waals surface area contributed by atoms with Crippen LogP contribution in [0.4, 0.5) is 8.78 Å². The van der Waals surface area contributed by atoms with Crippen LogP contribution in [-0.2, 0) is 4.74 Å². The molecule has 0 spiro atoms. The maximum absolute atomic E-state index is 12.5. The third kappa shape index (κ3) is 2.64. The fraction of sp³-hybridized carbons (Fsp3) is 1.00. The Bertz CT molecular complexity index is 185. The molecule has 2 rings (SSSR count). The van der Waals surface area contributed by atoms with E-state index in [1.54, 1.807) is 0 Å². The first-order valence-electron chi connectivity index (χ1n) is 5.36. The van der Waals surface area contributed by atoms with Crippen LogP contribution in [0.2, 0.25) is 0 Å². The molecule has 0 amide bonds. The van der Waals surface area contributed by atoms with E-state index in [0.29, 0.717) is 6.61 Å². The fourth-order valence-corrected chi connectivity index (χ4v) is 2.14. The normalized spacial score (nSPS) is 32.6. The van der Waals surface area contributed by atoms with Crippen LogP contribution in [0, 0.1) is 5.92 Å². The van der Waals surface area contributed by atoms with E-state index in [9.17, 15) is 8.78 Å². The van der Waals surface area contributed by atoms with E-state index in [0.717, 1.165) is 25.9 Å². The Morgan fingerprint density at radius 1 is 1.36 bits per heavy atom. The molecule has 0 aromatic rings. The molecule has 1 saturated heterocycles. The Morgan fingerprint density at radius 3 is 2.71 bits per heavy atom. The monoisotopic (exact) mass is 205 g/mol. The molecule has 0 aromatic carbocycles.